The molecule has 0 saturated carbocycles. The van der Waals surface area contributed by atoms with E-state index < -0.39 is 0 Å². The molecule has 0 saturated heterocycles. The van der Waals surface area contributed by atoms with Gasteiger partial charge in [-0.25, -0.2) is 0 Å². The lowest BCUT2D eigenvalue weighted by atomic mass is 10.1. The third-order valence-corrected chi connectivity index (χ3v) is 3.87. The highest BCUT2D eigenvalue weighted by atomic mass is 16.2. The van der Waals surface area contributed by atoms with Gasteiger partial charge in [0.05, 0.1) is 0 Å². The maximum Gasteiger partial charge on any atom is 0.253 e. The molecular weight excluding hydrogens is 300 g/mol. The Bertz CT molecular complexity index is 706. The summed E-state index contributed by atoms with van der Waals surface area (Å²) >= 11 is 0. The van der Waals surface area contributed by atoms with E-state index in [1.807, 2.05) is 0 Å². The van der Waals surface area contributed by atoms with Crippen LogP contribution in [-0.4, -0.2) is 30.8 Å². The molecule has 0 spiro atoms. The minimum absolute atomic E-state index is 0.0518. The first-order chi connectivity index (χ1) is 11.5. The van der Waals surface area contributed by atoms with Crippen molar-refractivity contribution in [3.05, 3.63) is 65.2 Å². The van der Waals surface area contributed by atoms with Crippen LogP contribution in [-0.2, 0) is 17.6 Å². The molecule has 1 N–H and O–H groups in total. The highest BCUT2D eigenvalue weighted by molar-refractivity contribution is 5.97. The number of carbonyl (C=O) groups excluding carboxylic acids is 2. The monoisotopic (exact) mass is 324 g/mol. The number of anilines is 1. The van der Waals surface area contributed by atoms with Crippen molar-refractivity contribution in [1.82, 2.24) is 4.90 Å². The Morgan fingerprint density at radius 3 is 2.29 bits per heavy atom. The lowest BCUT2D eigenvalue weighted by Crippen LogP contribution is -2.22. The van der Waals surface area contributed by atoms with Crippen molar-refractivity contribution in [3.8, 4) is 0 Å². The Labute approximate surface area is 143 Å². The molecule has 24 heavy (non-hydrogen) atoms. The fourth-order valence-electron chi connectivity index (χ4n) is 2.41. The van der Waals surface area contributed by atoms with E-state index in [9.17, 15) is 9.59 Å². The van der Waals surface area contributed by atoms with Gasteiger partial charge >= 0.3 is 0 Å². The van der Waals surface area contributed by atoms with Crippen LogP contribution in [0.2, 0.25) is 0 Å². The number of amides is 2. The fraction of sp³-hybridized carbons (Fsp3) is 0.300. The summed E-state index contributed by atoms with van der Waals surface area (Å²) in [5.74, 6) is -0.133. The van der Waals surface area contributed by atoms with E-state index in [4.69, 9.17) is 0 Å². The minimum atomic E-state index is -0.0814. The van der Waals surface area contributed by atoms with Gasteiger partial charge in [0, 0.05) is 31.8 Å². The molecule has 2 aromatic carbocycles. The summed E-state index contributed by atoms with van der Waals surface area (Å²) in [7, 11) is 3.41. The smallest absolute Gasteiger partial charge is 0.253 e. The van der Waals surface area contributed by atoms with E-state index in [0.29, 0.717) is 24.1 Å². The van der Waals surface area contributed by atoms with Gasteiger partial charge in [0.2, 0.25) is 5.91 Å². The molecule has 0 fully saturated rings. The summed E-state index contributed by atoms with van der Waals surface area (Å²) in [6, 6.07) is 15.4. The molecule has 0 radical (unpaired) electrons. The van der Waals surface area contributed by atoms with Gasteiger partial charge < -0.3 is 10.2 Å². The first kappa shape index (κ1) is 17.7. The minimum Gasteiger partial charge on any atom is -0.345 e. The summed E-state index contributed by atoms with van der Waals surface area (Å²) in [4.78, 5) is 25.6. The predicted molar refractivity (Wildman–Crippen MR) is 97.2 cm³/mol. The molecule has 0 unspecified atom stereocenters. The van der Waals surface area contributed by atoms with Gasteiger partial charge in [0.25, 0.3) is 5.91 Å². The van der Waals surface area contributed by atoms with Crippen LogP contribution in [0.25, 0.3) is 0 Å². The second-order valence-corrected chi connectivity index (χ2v) is 6.00. The third kappa shape index (κ3) is 4.95. The summed E-state index contributed by atoms with van der Waals surface area (Å²) in [6.07, 6.45) is 2.13. The summed E-state index contributed by atoms with van der Waals surface area (Å²) in [6.45, 7) is 2.12. The van der Waals surface area contributed by atoms with Crippen LogP contribution < -0.4 is 5.32 Å². The molecule has 4 heteroatoms. The van der Waals surface area contributed by atoms with Crippen molar-refractivity contribution in [2.45, 2.75) is 26.2 Å². The van der Waals surface area contributed by atoms with Gasteiger partial charge in [-0.15, -0.1) is 0 Å². The molecule has 0 aliphatic rings. The van der Waals surface area contributed by atoms with Crippen LogP contribution in [0.15, 0.2) is 48.5 Å². The Morgan fingerprint density at radius 2 is 1.67 bits per heavy atom. The molecule has 0 aliphatic heterocycles. The standard InChI is InChI=1S/C20H24N2O2/c1-4-15-8-10-16(11-9-15)12-13-19(23)21-18-7-5-6-17(14-18)20(24)22(2)3/h5-11,14H,4,12-13H2,1-3H3,(H,21,23). The van der Waals surface area contributed by atoms with Gasteiger partial charge in [-0.2, -0.15) is 0 Å². The summed E-state index contributed by atoms with van der Waals surface area (Å²) in [5, 5.41) is 2.86. The average molecular weight is 324 g/mol. The normalized spacial score (nSPS) is 10.3. The molecule has 0 atom stereocenters. The zero-order chi connectivity index (χ0) is 17.5. The van der Waals surface area contributed by atoms with Gasteiger partial charge in [-0.3, -0.25) is 9.59 Å². The van der Waals surface area contributed by atoms with E-state index in [-0.39, 0.29) is 11.8 Å². The zero-order valence-corrected chi connectivity index (χ0v) is 14.5. The quantitative estimate of drug-likeness (QED) is 0.884. The Hall–Kier alpha value is -2.62. The highest BCUT2D eigenvalue weighted by Gasteiger charge is 2.09. The lowest BCUT2D eigenvalue weighted by Gasteiger charge is -2.11. The fourth-order valence-corrected chi connectivity index (χ4v) is 2.41. The van der Waals surface area contributed by atoms with E-state index in [2.05, 4.69) is 36.5 Å². The van der Waals surface area contributed by atoms with Crippen LogP contribution in [0.5, 0.6) is 0 Å². The molecule has 0 bridgehead atoms. The van der Waals surface area contributed by atoms with Crippen LogP contribution in [0.3, 0.4) is 0 Å². The van der Waals surface area contributed by atoms with Gasteiger partial charge in [0.1, 0.15) is 0 Å². The van der Waals surface area contributed by atoms with E-state index in [1.165, 1.54) is 10.5 Å². The number of nitrogens with zero attached hydrogens (tertiary/aromatic N) is 1. The highest BCUT2D eigenvalue weighted by Crippen LogP contribution is 2.13. The second kappa shape index (κ2) is 8.29. The van der Waals surface area contributed by atoms with Crippen molar-refractivity contribution in [3.63, 3.8) is 0 Å². The maximum atomic E-state index is 12.1. The lowest BCUT2D eigenvalue weighted by molar-refractivity contribution is -0.116. The first-order valence-corrected chi connectivity index (χ1v) is 8.19. The van der Waals surface area contributed by atoms with Gasteiger partial charge in [-0.05, 0) is 42.2 Å². The Balaban J connectivity index is 1.92. The molecular formula is C20H24N2O2. The van der Waals surface area contributed by atoms with Crippen molar-refractivity contribution in [1.29, 1.82) is 0 Å². The number of aryl methyl sites for hydroxylation is 2. The Morgan fingerprint density at radius 1 is 1.00 bits per heavy atom. The van der Waals surface area contributed by atoms with Gasteiger partial charge in [-0.1, -0.05) is 37.3 Å². The number of rotatable bonds is 6. The molecule has 0 aromatic heterocycles. The summed E-state index contributed by atoms with van der Waals surface area (Å²) in [5.41, 5.74) is 3.66. The van der Waals surface area contributed by atoms with Crippen LogP contribution in [0, 0.1) is 0 Å². The number of hydrogen-bond donors (Lipinski definition) is 1. The van der Waals surface area contributed by atoms with Gasteiger partial charge in [0.15, 0.2) is 0 Å². The second-order valence-electron chi connectivity index (χ2n) is 6.00. The number of hydrogen-bond acceptors (Lipinski definition) is 2. The largest absolute Gasteiger partial charge is 0.345 e. The molecule has 0 heterocycles. The number of nitrogens with one attached hydrogen (secondary N) is 1. The predicted octanol–water partition coefficient (Wildman–Crippen LogP) is 3.52. The zero-order valence-electron chi connectivity index (χ0n) is 14.5. The molecule has 2 rings (SSSR count). The van der Waals surface area contributed by atoms with Crippen molar-refractivity contribution >= 4 is 17.5 Å². The molecule has 0 aliphatic carbocycles. The van der Waals surface area contributed by atoms with E-state index in [0.717, 1.165) is 12.0 Å². The van der Waals surface area contributed by atoms with Crippen LogP contribution in [0.1, 0.15) is 34.8 Å². The van der Waals surface area contributed by atoms with Crippen molar-refractivity contribution in [2.75, 3.05) is 19.4 Å². The van der Waals surface area contributed by atoms with E-state index >= 15 is 0 Å². The SMILES string of the molecule is CCc1ccc(CCC(=O)Nc2cccc(C(=O)N(C)C)c2)cc1. The van der Waals surface area contributed by atoms with E-state index in [1.54, 1.807) is 38.4 Å². The molecule has 2 aromatic rings. The molecule has 126 valence electrons. The van der Waals surface area contributed by atoms with Crippen LogP contribution >= 0.6 is 0 Å². The van der Waals surface area contributed by atoms with Crippen LogP contribution in [0.4, 0.5) is 5.69 Å². The number of benzene rings is 2. The topological polar surface area (TPSA) is 49.4 Å². The van der Waals surface area contributed by atoms with Crippen molar-refractivity contribution in [2.24, 2.45) is 0 Å². The van der Waals surface area contributed by atoms with Crippen molar-refractivity contribution < 1.29 is 9.59 Å². The maximum absolute atomic E-state index is 12.1. The first-order valence-electron chi connectivity index (χ1n) is 8.19. The third-order valence-electron chi connectivity index (χ3n) is 3.87. The number of carbonyl (C=O) groups is 2. The molecule has 4 nitrogen and oxygen atoms in total. The Kier molecular flexibility index (Phi) is 6.13. The average Bonchev–Trinajstić information content (AvgIpc) is 2.60. The molecule has 2 amide bonds. The summed E-state index contributed by atoms with van der Waals surface area (Å²) < 4.78 is 0.